The molecule has 2 aromatic heterocycles. The van der Waals surface area contributed by atoms with Gasteiger partial charge in [-0.25, -0.2) is 9.97 Å². The Morgan fingerprint density at radius 2 is 0.920 bits per heavy atom. The van der Waals surface area contributed by atoms with Crippen LogP contribution >= 0.6 is 0 Å². The predicted octanol–water partition coefficient (Wildman–Crippen LogP) is 5.94. The van der Waals surface area contributed by atoms with E-state index in [-0.39, 0.29) is 7.43 Å². The van der Waals surface area contributed by atoms with Gasteiger partial charge >= 0.3 is 0 Å². The molecule has 4 heteroatoms. The Bertz CT molecular complexity index is 994. The molecule has 0 unspecified atom stereocenters. The lowest BCUT2D eigenvalue weighted by Gasteiger charge is -1.97. The molecule has 0 radical (unpaired) electrons. The summed E-state index contributed by atoms with van der Waals surface area (Å²) in [7, 11) is 0. The van der Waals surface area contributed by atoms with Crippen LogP contribution in [0.25, 0.3) is 45.1 Å². The molecule has 2 heterocycles. The summed E-state index contributed by atoms with van der Waals surface area (Å²) in [5.74, 6) is 1.22. The van der Waals surface area contributed by atoms with Crippen LogP contribution in [0.1, 0.15) is 7.43 Å². The molecule has 0 saturated carbocycles. The maximum absolute atomic E-state index is 5.80. The molecule has 5 rings (SSSR count). The fraction of sp³-hybridized carbons (Fsp3) is 0.0476. The van der Waals surface area contributed by atoms with E-state index in [9.17, 15) is 0 Å². The van der Waals surface area contributed by atoms with Crippen LogP contribution in [0.2, 0.25) is 0 Å². The van der Waals surface area contributed by atoms with Crippen LogP contribution in [0.5, 0.6) is 0 Å². The first-order valence-corrected chi connectivity index (χ1v) is 7.69. The first-order chi connectivity index (χ1) is 11.9. The molecule has 0 aliphatic rings. The molecule has 0 N–H and O–H groups in total. The summed E-state index contributed by atoms with van der Waals surface area (Å²) in [6.45, 7) is 0. The zero-order chi connectivity index (χ0) is 15.9. The quantitative estimate of drug-likeness (QED) is 0.402. The number of aromatic nitrogens is 2. The number of fused-ring (bicyclic) bond motifs is 2. The van der Waals surface area contributed by atoms with Gasteiger partial charge in [0.1, 0.15) is 11.0 Å². The van der Waals surface area contributed by atoms with Crippen molar-refractivity contribution in [3.05, 3.63) is 72.8 Å². The molecule has 0 aliphatic heterocycles. The Kier molecular flexibility index (Phi) is 3.58. The van der Waals surface area contributed by atoms with Crippen LogP contribution in [0, 0.1) is 0 Å². The summed E-state index contributed by atoms with van der Waals surface area (Å²) < 4.78 is 11.6. The summed E-state index contributed by atoms with van der Waals surface area (Å²) in [5, 5.41) is 0. The van der Waals surface area contributed by atoms with Gasteiger partial charge in [0, 0.05) is 11.1 Å². The van der Waals surface area contributed by atoms with Gasteiger partial charge in [-0.3, -0.25) is 0 Å². The smallest absolute Gasteiger partial charge is 0.227 e. The summed E-state index contributed by atoms with van der Waals surface area (Å²) in [6.07, 6.45) is 0. The molecule has 0 saturated heterocycles. The van der Waals surface area contributed by atoms with Gasteiger partial charge in [-0.1, -0.05) is 31.7 Å². The van der Waals surface area contributed by atoms with Crippen LogP contribution in [0.3, 0.4) is 0 Å². The topological polar surface area (TPSA) is 52.1 Å². The van der Waals surface area contributed by atoms with Gasteiger partial charge in [-0.15, -0.1) is 0 Å². The van der Waals surface area contributed by atoms with E-state index in [1.807, 2.05) is 72.8 Å². The highest BCUT2D eigenvalue weighted by Crippen LogP contribution is 2.28. The van der Waals surface area contributed by atoms with Crippen molar-refractivity contribution in [3.63, 3.8) is 0 Å². The van der Waals surface area contributed by atoms with E-state index in [1.165, 1.54) is 0 Å². The molecule has 0 bridgehead atoms. The van der Waals surface area contributed by atoms with Crippen LogP contribution < -0.4 is 0 Å². The Labute approximate surface area is 144 Å². The van der Waals surface area contributed by atoms with Crippen molar-refractivity contribution in [2.75, 3.05) is 0 Å². The largest absolute Gasteiger partial charge is 0.436 e. The molecule has 4 nitrogen and oxygen atoms in total. The number of benzene rings is 3. The number of oxazole rings is 2. The minimum atomic E-state index is 0. The van der Waals surface area contributed by atoms with Crippen molar-refractivity contribution >= 4 is 22.2 Å². The second kappa shape index (κ2) is 5.91. The fourth-order valence-electron chi connectivity index (χ4n) is 2.75. The lowest BCUT2D eigenvalue weighted by Crippen LogP contribution is -1.80. The van der Waals surface area contributed by atoms with Crippen molar-refractivity contribution in [1.29, 1.82) is 0 Å². The molecule has 0 atom stereocenters. The second-order valence-corrected chi connectivity index (χ2v) is 5.55. The third-order valence-corrected chi connectivity index (χ3v) is 3.97. The Morgan fingerprint density at radius 1 is 0.520 bits per heavy atom. The number of rotatable bonds is 2. The normalized spacial score (nSPS) is 10.9. The zero-order valence-corrected chi connectivity index (χ0v) is 12.6. The van der Waals surface area contributed by atoms with Gasteiger partial charge < -0.3 is 8.83 Å². The van der Waals surface area contributed by atoms with E-state index in [4.69, 9.17) is 8.83 Å². The van der Waals surface area contributed by atoms with E-state index in [0.29, 0.717) is 11.8 Å². The van der Waals surface area contributed by atoms with Gasteiger partial charge in [0.25, 0.3) is 0 Å². The molecule has 25 heavy (non-hydrogen) atoms. The van der Waals surface area contributed by atoms with Gasteiger partial charge in [0.2, 0.25) is 11.8 Å². The van der Waals surface area contributed by atoms with Gasteiger partial charge in [0.05, 0.1) is 0 Å². The highest BCUT2D eigenvalue weighted by Gasteiger charge is 2.10. The molecule has 0 fully saturated rings. The first kappa shape index (κ1) is 15.1. The maximum Gasteiger partial charge on any atom is 0.227 e. The molecule has 0 amide bonds. The molecule has 3 aromatic carbocycles. The third-order valence-electron chi connectivity index (χ3n) is 3.97. The van der Waals surface area contributed by atoms with E-state index >= 15 is 0 Å². The average molecular weight is 328 g/mol. The molecule has 5 aromatic rings. The Balaban J connectivity index is 0.00000157. The zero-order valence-electron chi connectivity index (χ0n) is 12.6. The summed E-state index contributed by atoms with van der Waals surface area (Å²) >= 11 is 0. The fourth-order valence-corrected chi connectivity index (χ4v) is 2.75. The van der Waals surface area contributed by atoms with Gasteiger partial charge in [-0.05, 0) is 48.5 Å². The maximum atomic E-state index is 5.80. The van der Waals surface area contributed by atoms with Crippen molar-refractivity contribution < 1.29 is 8.83 Å². The van der Waals surface area contributed by atoms with Crippen LogP contribution in [-0.2, 0) is 0 Å². The van der Waals surface area contributed by atoms with E-state index < -0.39 is 0 Å². The summed E-state index contributed by atoms with van der Waals surface area (Å²) in [4.78, 5) is 9.03. The van der Waals surface area contributed by atoms with Crippen LogP contribution in [-0.4, -0.2) is 9.97 Å². The Hall–Kier alpha value is -3.40. The minimum Gasteiger partial charge on any atom is -0.436 e. The third kappa shape index (κ3) is 2.58. The summed E-state index contributed by atoms with van der Waals surface area (Å²) in [5.41, 5.74) is 5.13. The summed E-state index contributed by atoms with van der Waals surface area (Å²) in [6, 6.07) is 23.4. The number of para-hydroxylation sites is 4. The van der Waals surface area contributed by atoms with E-state index in [2.05, 4.69) is 9.97 Å². The molecule has 0 aliphatic carbocycles. The van der Waals surface area contributed by atoms with Crippen molar-refractivity contribution in [2.24, 2.45) is 0 Å². The molecular formula is C21H16N2O2. The number of hydrogen-bond acceptors (Lipinski definition) is 4. The number of hydrogen-bond donors (Lipinski definition) is 0. The Morgan fingerprint density at radius 3 is 1.32 bits per heavy atom. The lowest BCUT2D eigenvalue weighted by molar-refractivity contribution is 0.617. The van der Waals surface area contributed by atoms with E-state index in [1.54, 1.807) is 0 Å². The average Bonchev–Trinajstić information content (AvgIpc) is 3.25. The van der Waals surface area contributed by atoms with Crippen molar-refractivity contribution in [1.82, 2.24) is 9.97 Å². The highest BCUT2D eigenvalue weighted by molar-refractivity contribution is 5.78. The minimum absolute atomic E-state index is 0. The highest BCUT2D eigenvalue weighted by atomic mass is 16.4. The van der Waals surface area contributed by atoms with E-state index in [0.717, 1.165) is 33.3 Å². The standard InChI is InChI=1S/C20H12N2O2.CH4/c1-3-7-17-15(5-1)21-19(23-17)13-9-11-14(12-10-13)20-22-16-6-2-4-8-18(16)24-20;/h1-12H;1H4. The molecular weight excluding hydrogens is 312 g/mol. The molecule has 122 valence electrons. The van der Waals surface area contributed by atoms with Gasteiger partial charge in [0.15, 0.2) is 11.2 Å². The lowest BCUT2D eigenvalue weighted by atomic mass is 10.1. The first-order valence-electron chi connectivity index (χ1n) is 7.69. The van der Waals surface area contributed by atoms with Crippen molar-refractivity contribution in [2.45, 2.75) is 7.43 Å². The monoisotopic (exact) mass is 328 g/mol. The SMILES string of the molecule is C.c1ccc2oc(-c3ccc(-c4nc5ccccc5o4)cc3)nc2c1. The van der Waals surface area contributed by atoms with Crippen molar-refractivity contribution in [3.8, 4) is 22.9 Å². The van der Waals surface area contributed by atoms with Gasteiger partial charge in [-0.2, -0.15) is 0 Å². The van der Waals surface area contributed by atoms with Crippen LogP contribution in [0.15, 0.2) is 81.6 Å². The van der Waals surface area contributed by atoms with Crippen LogP contribution in [0.4, 0.5) is 0 Å². The molecule has 0 spiro atoms. The predicted molar refractivity (Wildman–Crippen MR) is 99.2 cm³/mol. The number of nitrogens with zero attached hydrogens (tertiary/aromatic N) is 2. The second-order valence-electron chi connectivity index (χ2n) is 5.55.